The monoisotopic (exact) mass is 233 g/mol. The van der Waals surface area contributed by atoms with E-state index in [1.807, 2.05) is 17.5 Å². The van der Waals surface area contributed by atoms with Crippen molar-refractivity contribution in [3.05, 3.63) is 40.3 Å². The molecule has 1 unspecified atom stereocenters. The van der Waals surface area contributed by atoms with Crippen molar-refractivity contribution in [3.63, 3.8) is 0 Å². The third-order valence-corrected chi connectivity index (χ3v) is 4.05. The van der Waals surface area contributed by atoms with Gasteiger partial charge in [-0.05, 0) is 36.9 Å². The lowest BCUT2D eigenvalue weighted by molar-refractivity contribution is 0.246. The van der Waals surface area contributed by atoms with Gasteiger partial charge in [0.25, 0.3) is 0 Å². The first-order chi connectivity index (χ1) is 7.93. The highest BCUT2D eigenvalue weighted by Gasteiger charge is 2.26. The van der Waals surface area contributed by atoms with Gasteiger partial charge in [0.05, 0.1) is 11.7 Å². The molecule has 1 saturated heterocycles. The van der Waals surface area contributed by atoms with Gasteiger partial charge >= 0.3 is 0 Å². The van der Waals surface area contributed by atoms with Crippen molar-refractivity contribution in [3.8, 4) is 0 Å². The summed E-state index contributed by atoms with van der Waals surface area (Å²) in [6.45, 7) is 2.27. The highest BCUT2D eigenvalue weighted by molar-refractivity contribution is 7.09. The number of rotatable bonds is 3. The van der Waals surface area contributed by atoms with Gasteiger partial charge in [0.1, 0.15) is 0 Å². The van der Waals surface area contributed by atoms with Crippen molar-refractivity contribution < 1.29 is 0 Å². The minimum absolute atomic E-state index is 0.532. The van der Waals surface area contributed by atoms with Gasteiger partial charge in [-0.2, -0.15) is 5.10 Å². The lowest BCUT2D eigenvalue weighted by Gasteiger charge is -2.22. The minimum atomic E-state index is 0.532. The Morgan fingerprint density at radius 2 is 2.50 bits per heavy atom. The first-order valence-electron chi connectivity index (χ1n) is 5.69. The van der Waals surface area contributed by atoms with Crippen LogP contribution in [0.2, 0.25) is 0 Å². The molecular weight excluding hydrogens is 218 g/mol. The van der Waals surface area contributed by atoms with E-state index >= 15 is 0 Å². The molecule has 0 amide bonds. The lowest BCUT2D eigenvalue weighted by Crippen LogP contribution is -2.22. The Morgan fingerprint density at radius 1 is 1.50 bits per heavy atom. The number of likely N-dealkylation sites (tertiary alicyclic amines) is 1. The third kappa shape index (κ3) is 1.90. The molecule has 0 bridgehead atoms. The number of thiophene rings is 1. The van der Waals surface area contributed by atoms with Crippen LogP contribution in [-0.2, 0) is 6.54 Å². The summed E-state index contributed by atoms with van der Waals surface area (Å²) in [4.78, 5) is 3.99. The molecule has 1 atom stereocenters. The Balaban J connectivity index is 1.75. The molecule has 3 nitrogen and oxygen atoms in total. The lowest BCUT2D eigenvalue weighted by atomic mass is 10.1. The maximum absolute atomic E-state index is 4.05. The summed E-state index contributed by atoms with van der Waals surface area (Å²) in [6, 6.07) is 6.97. The van der Waals surface area contributed by atoms with Crippen LogP contribution >= 0.6 is 11.3 Å². The van der Waals surface area contributed by atoms with Crippen LogP contribution in [0.15, 0.2) is 29.8 Å². The summed E-state index contributed by atoms with van der Waals surface area (Å²) in [5.41, 5.74) is 1.26. The molecule has 1 aliphatic heterocycles. The largest absolute Gasteiger partial charge is 0.290 e. The minimum Gasteiger partial charge on any atom is -0.290 e. The number of hydrogen-bond acceptors (Lipinski definition) is 3. The summed E-state index contributed by atoms with van der Waals surface area (Å²) >= 11 is 1.84. The van der Waals surface area contributed by atoms with Crippen LogP contribution in [0.3, 0.4) is 0 Å². The SMILES string of the molecule is c1csc(CN2CCCC2c2ccn[nH]2)c1. The zero-order valence-corrected chi connectivity index (χ0v) is 9.91. The standard InChI is InChI=1S/C12H15N3S/c1-4-12(11-5-6-13-14-11)15(7-1)9-10-3-2-8-16-10/h2-3,5-6,8,12H,1,4,7,9H2,(H,13,14). The summed E-state index contributed by atoms with van der Waals surface area (Å²) in [7, 11) is 0. The Hall–Kier alpha value is -1.13. The van der Waals surface area contributed by atoms with Crippen LogP contribution in [0, 0.1) is 0 Å². The molecule has 3 rings (SSSR count). The molecule has 0 spiro atoms. The van der Waals surface area contributed by atoms with E-state index in [2.05, 4.69) is 38.7 Å². The van der Waals surface area contributed by atoms with Crippen molar-refractivity contribution in [2.45, 2.75) is 25.4 Å². The van der Waals surface area contributed by atoms with Gasteiger partial charge in [-0.25, -0.2) is 0 Å². The van der Waals surface area contributed by atoms with Crippen molar-refractivity contribution in [1.82, 2.24) is 15.1 Å². The molecule has 3 heterocycles. The molecule has 2 aromatic heterocycles. The molecule has 84 valence electrons. The van der Waals surface area contributed by atoms with Crippen LogP contribution < -0.4 is 0 Å². The van der Waals surface area contributed by atoms with E-state index in [0.717, 1.165) is 6.54 Å². The van der Waals surface area contributed by atoms with Crippen LogP contribution in [0.1, 0.15) is 29.5 Å². The molecule has 4 heteroatoms. The molecule has 2 aromatic rings. The Bertz CT molecular complexity index is 421. The highest BCUT2D eigenvalue weighted by atomic mass is 32.1. The normalized spacial score (nSPS) is 21.6. The maximum Gasteiger partial charge on any atom is 0.0523 e. The van der Waals surface area contributed by atoms with E-state index in [1.54, 1.807) is 0 Å². The Labute approximate surface area is 99.1 Å². The first kappa shape index (κ1) is 10.1. The third-order valence-electron chi connectivity index (χ3n) is 3.18. The second kappa shape index (κ2) is 4.39. The van der Waals surface area contributed by atoms with Crippen LogP contribution in [0.4, 0.5) is 0 Å². The number of H-pyrrole nitrogens is 1. The smallest absolute Gasteiger partial charge is 0.0523 e. The molecule has 1 fully saturated rings. The van der Waals surface area contributed by atoms with Crippen molar-refractivity contribution in [1.29, 1.82) is 0 Å². The summed E-state index contributed by atoms with van der Waals surface area (Å²) in [5, 5.41) is 9.30. The number of nitrogens with one attached hydrogen (secondary N) is 1. The summed E-state index contributed by atoms with van der Waals surface area (Å²) in [6.07, 6.45) is 4.37. The molecule has 0 saturated carbocycles. The van der Waals surface area contributed by atoms with E-state index in [1.165, 1.54) is 30.0 Å². The van der Waals surface area contributed by atoms with Gasteiger partial charge in [-0.15, -0.1) is 11.3 Å². The maximum atomic E-state index is 4.05. The predicted octanol–water partition coefficient (Wildman–Crippen LogP) is 2.81. The second-order valence-corrected chi connectivity index (χ2v) is 5.25. The van der Waals surface area contributed by atoms with Crippen molar-refractivity contribution in [2.24, 2.45) is 0 Å². The van der Waals surface area contributed by atoms with Gasteiger partial charge < -0.3 is 0 Å². The van der Waals surface area contributed by atoms with Gasteiger partial charge in [0, 0.05) is 17.6 Å². The first-order valence-corrected chi connectivity index (χ1v) is 6.57. The van der Waals surface area contributed by atoms with E-state index < -0.39 is 0 Å². The topological polar surface area (TPSA) is 31.9 Å². The van der Waals surface area contributed by atoms with Crippen molar-refractivity contribution >= 4 is 11.3 Å². The number of aromatic amines is 1. The van der Waals surface area contributed by atoms with E-state index in [-0.39, 0.29) is 0 Å². The summed E-state index contributed by atoms with van der Waals surface area (Å²) < 4.78 is 0. The highest BCUT2D eigenvalue weighted by Crippen LogP contribution is 2.32. The fraction of sp³-hybridized carbons (Fsp3) is 0.417. The van der Waals surface area contributed by atoms with Gasteiger partial charge in [0.2, 0.25) is 0 Å². The predicted molar refractivity (Wildman–Crippen MR) is 65.3 cm³/mol. The molecule has 1 N–H and O–H groups in total. The Kier molecular flexibility index (Phi) is 2.76. The fourth-order valence-electron chi connectivity index (χ4n) is 2.42. The van der Waals surface area contributed by atoms with E-state index in [9.17, 15) is 0 Å². The quantitative estimate of drug-likeness (QED) is 0.884. The van der Waals surface area contributed by atoms with Gasteiger partial charge in [-0.3, -0.25) is 10.00 Å². The van der Waals surface area contributed by atoms with E-state index in [0.29, 0.717) is 6.04 Å². The molecule has 1 aliphatic rings. The van der Waals surface area contributed by atoms with E-state index in [4.69, 9.17) is 0 Å². The molecule has 16 heavy (non-hydrogen) atoms. The van der Waals surface area contributed by atoms with Gasteiger partial charge in [0.15, 0.2) is 0 Å². The average molecular weight is 233 g/mol. The van der Waals surface area contributed by atoms with Crippen LogP contribution in [-0.4, -0.2) is 21.6 Å². The van der Waals surface area contributed by atoms with Crippen LogP contribution in [0.5, 0.6) is 0 Å². The summed E-state index contributed by atoms with van der Waals surface area (Å²) in [5.74, 6) is 0. The average Bonchev–Trinajstić information content (AvgIpc) is 2.98. The zero-order chi connectivity index (χ0) is 10.8. The Morgan fingerprint density at radius 3 is 3.25 bits per heavy atom. The zero-order valence-electron chi connectivity index (χ0n) is 9.10. The number of hydrogen-bond donors (Lipinski definition) is 1. The second-order valence-electron chi connectivity index (χ2n) is 4.22. The van der Waals surface area contributed by atoms with Gasteiger partial charge in [-0.1, -0.05) is 6.07 Å². The molecule has 0 aromatic carbocycles. The van der Waals surface area contributed by atoms with Crippen LogP contribution in [0.25, 0.3) is 0 Å². The number of nitrogens with zero attached hydrogens (tertiary/aromatic N) is 2. The fourth-order valence-corrected chi connectivity index (χ4v) is 3.15. The molecule has 0 radical (unpaired) electrons. The molecular formula is C12H15N3S. The molecule has 0 aliphatic carbocycles. The number of aromatic nitrogens is 2. The van der Waals surface area contributed by atoms with Crippen molar-refractivity contribution in [2.75, 3.05) is 6.54 Å².